The highest BCUT2D eigenvalue weighted by Gasteiger charge is 2.14. The Morgan fingerprint density at radius 3 is 2.48 bits per heavy atom. The molecule has 5 nitrogen and oxygen atoms in total. The molecule has 4 rings (SSSR count). The lowest BCUT2D eigenvalue weighted by molar-refractivity contribution is 0.0697. The molecule has 0 fully saturated rings. The number of H-pyrrole nitrogens is 1. The summed E-state index contributed by atoms with van der Waals surface area (Å²) in [5.41, 5.74) is 3.75. The Bertz CT molecular complexity index is 1140. The molecule has 3 aromatic carbocycles. The summed E-state index contributed by atoms with van der Waals surface area (Å²) in [6.07, 6.45) is -0.818. The molecular formula is C21H15ClN2O3. The van der Waals surface area contributed by atoms with Gasteiger partial charge >= 0.3 is 5.97 Å². The number of carboxylic acid groups (broad SMARTS) is 1. The Balaban J connectivity index is 1.65. The van der Waals surface area contributed by atoms with E-state index in [1.165, 1.54) is 6.07 Å². The molecule has 4 aromatic rings. The molecule has 0 saturated heterocycles. The minimum Gasteiger partial charge on any atom is -0.478 e. The number of hydrogen-bond acceptors (Lipinski definition) is 3. The molecule has 27 heavy (non-hydrogen) atoms. The van der Waals surface area contributed by atoms with Crippen LogP contribution < -0.4 is 0 Å². The minimum absolute atomic E-state index is 0.205. The predicted molar refractivity (Wildman–Crippen MR) is 104 cm³/mol. The van der Waals surface area contributed by atoms with Gasteiger partial charge in [0.2, 0.25) is 0 Å². The Kier molecular flexibility index (Phi) is 4.39. The van der Waals surface area contributed by atoms with Crippen LogP contribution in [0.25, 0.3) is 22.4 Å². The molecule has 1 unspecified atom stereocenters. The average Bonchev–Trinajstić information content (AvgIpc) is 3.11. The van der Waals surface area contributed by atoms with Crippen molar-refractivity contribution in [2.24, 2.45) is 0 Å². The van der Waals surface area contributed by atoms with Crippen LogP contribution in [0.5, 0.6) is 0 Å². The first-order chi connectivity index (χ1) is 13.0. The number of hydrogen-bond donors (Lipinski definition) is 3. The van der Waals surface area contributed by atoms with Gasteiger partial charge in [0, 0.05) is 16.1 Å². The van der Waals surface area contributed by atoms with Crippen molar-refractivity contribution in [2.75, 3.05) is 0 Å². The van der Waals surface area contributed by atoms with Crippen LogP contribution in [0.2, 0.25) is 5.02 Å². The third kappa shape index (κ3) is 3.30. The first kappa shape index (κ1) is 17.3. The number of aromatic carboxylic acids is 1. The van der Waals surface area contributed by atoms with E-state index >= 15 is 0 Å². The van der Waals surface area contributed by atoms with Gasteiger partial charge in [0.25, 0.3) is 0 Å². The van der Waals surface area contributed by atoms with E-state index < -0.39 is 12.1 Å². The number of nitrogens with zero attached hydrogens (tertiary/aromatic N) is 1. The summed E-state index contributed by atoms with van der Waals surface area (Å²) >= 11 is 6.16. The van der Waals surface area contributed by atoms with Crippen molar-refractivity contribution in [1.82, 2.24) is 9.97 Å². The van der Waals surface area contributed by atoms with Gasteiger partial charge in [0.05, 0.1) is 16.6 Å². The van der Waals surface area contributed by atoms with Crippen LogP contribution in [0, 0.1) is 0 Å². The Labute approximate surface area is 159 Å². The number of aliphatic hydroxyl groups excluding tert-OH is 1. The van der Waals surface area contributed by atoms with Gasteiger partial charge in [-0.15, -0.1) is 0 Å². The molecule has 0 amide bonds. The zero-order valence-corrected chi connectivity index (χ0v) is 14.8. The lowest BCUT2D eigenvalue weighted by atomic mass is 10.0. The molecule has 0 aliphatic rings. The van der Waals surface area contributed by atoms with E-state index in [4.69, 9.17) is 16.7 Å². The maximum atomic E-state index is 11.1. The molecule has 0 aliphatic heterocycles. The highest BCUT2D eigenvalue weighted by Crippen LogP contribution is 2.29. The van der Waals surface area contributed by atoms with Gasteiger partial charge in [-0.3, -0.25) is 0 Å². The molecule has 0 radical (unpaired) electrons. The molecule has 1 aromatic heterocycles. The Morgan fingerprint density at radius 1 is 1.04 bits per heavy atom. The van der Waals surface area contributed by atoms with Gasteiger partial charge in [-0.2, -0.15) is 0 Å². The SMILES string of the molecule is O=C(O)c1ccc2nc(-c3ccc(C(O)c4ccccc4Cl)cc3)[nH]c2c1. The number of carboxylic acids is 1. The summed E-state index contributed by atoms with van der Waals surface area (Å²) in [5.74, 6) is -0.350. The second-order valence-corrected chi connectivity index (χ2v) is 6.58. The Morgan fingerprint density at radius 2 is 1.78 bits per heavy atom. The molecule has 1 heterocycles. The quantitative estimate of drug-likeness (QED) is 0.482. The fourth-order valence-corrected chi connectivity index (χ4v) is 3.22. The number of benzene rings is 3. The molecule has 0 spiro atoms. The van der Waals surface area contributed by atoms with E-state index in [1.54, 1.807) is 24.3 Å². The number of nitrogens with one attached hydrogen (secondary N) is 1. The van der Waals surface area contributed by atoms with Crippen LogP contribution in [0.3, 0.4) is 0 Å². The number of fused-ring (bicyclic) bond motifs is 1. The normalized spacial score (nSPS) is 12.2. The summed E-state index contributed by atoms with van der Waals surface area (Å²) in [5, 5.41) is 20.2. The van der Waals surface area contributed by atoms with E-state index in [9.17, 15) is 9.90 Å². The number of imidazole rings is 1. The second kappa shape index (κ2) is 6.87. The van der Waals surface area contributed by atoms with Gasteiger partial charge in [0.15, 0.2) is 0 Å². The van der Waals surface area contributed by atoms with Crippen molar-refractivity contribution >= 4 is 28.6 Å². The molecule has 3 N–H and O–H groups in total. The number of rotatable bonds is 4. The van der Waals surface area contributed by atoms with E-state index in [0.29, 0.717) is 27.4 Å². The van der Waals surface area contributed by atoms with Gasteiger partial charge in [-0.05, 0) is 29.8 Å². The maximum absolute atomic E-state index is 11.1. The lowest BCUT2D eigenvalue weighted by Gasteiger charge is -2.13. The molecule has 0 bridgehead atoms. The van der Waals surface area contributed by atoms with Crippen molar-refractivity contribution in [3.8, 4) is 11.4 Å². The third-order valence-electron chi connectivity index (χ3n) is 4.43. The number of aromatic nitrogens is 2. The van der Waals surface area contributed by atoms with Crippen LogP contribution in [0.1, 0.15) is 27.6 Å². The lowest BCUT2D eigenvalue weighted by Crippen LogP contribution is -2.00. The van der Waals surface area contributed by atoms with Crippen LogP contribution in [-0.2, 0) is 0 Å². The largest absolute Gasteiger partial charge is 0.478 e. The van der Waals surface area contributed by atoms with Gasteiger partial charge in [0.1, 0.15) is 11.9 Å². The van der Waals surface area contributed by atoms with Crippen LogP contribution in [0.4, 0.5) is 0 Å². The minimum atomic E-state index is -0.981. The van der Waals surface area contributed by atoms with Gasteiger partial charge < -0.3 is 15.2 Å². The smallest absolute Gasteiger partial charge is 0.335 e. The predicted octanol–water partition coefficient (Wildman–Crippen LogP) is 4.66. The fraction of sp³-hybridized carbons (Fsp3) is 0.0476. The highest BCUT2D eigenvalue weighted by atomic mass is 35.5. The molecule has 0 aliphatic carbocycles. The van der Waals surface area contributed by atoms with E-state index in [2.05, 4.69) is 9.97 Å². The van der Waals surface area contributed by atoms with Crippen molar-refractivity contribution in [3.05, 3.63) is 88.4 Å². The van der Waals surface area contributed by atoms with Crippen molar-refractivity contribution < 1.29 is 15.0 Å². The summed E-state index contributed by atoms with van der Waals surface area (Å²) in [7, 11) is 0. The monoisotopic (exact) mass is 378 g/mol. The highest BCUT2D eigenvalue weighted by molar-refractivity contribution is 6.31. The molecule has 6 heteroatoms. The number of halogens is 1. The summed E-state index contributed by atoms with van der Waals surface area (Å²) in [6.45, 7) is 0. The van der Waals surface area contributed by atoms with Crippen LogP contribution in [-0.4, -0.2) is 26.2 Å². The first-order valence-electron chi connectivity index (χ1n) is 8.29. The molecule has 1 atom stereocenters. The van der Waals surface area contributed by atoms with E-state index in [1.807, 2.05) is 36.4 Å². The zero-order valence-electron chi connectivity index (χ0n) is 14.1. The number of aromatic amines is 1. The summed E-state index contributed by atoms with van der Waals surface area (Å²) in [6, 6.07) is 19.3. The van der Waals surface area contributed by atoms with Gasteiger partial charge in [-0.1, -0.05) is 54.1 Å². The second-order valence-electron chi connectivity index (χ2n) is 6.17. The van der Waals surface area contributed by atoms with Crippen molar-refractivity contribution in [2.45, 2.75) is 6.10 Å². The molecular weight excluding hydrogens is 364 g/mol. The zero-order chi connectivity index (χ0) is 19.0. The summed E-state index contributed by atoms with van der Waals surface area (Å²) in [4.78, 5) is 18.7. The van der Waals surface area contributed by atoms with E-state index in [-0.39, 0.29) is 5.56 Å². The van der Waals surface area contributed by atoms with Crippen LogP contribution >= 0.6 is 11.6 Å². The third-order valence-corrected chi connectivity index (χ3v) is 4.77. The van der Waals surface area contributed by atoms with Crippen molar-refractivity contribution in [3.63, 3.8) is 0 Å². The Hall–Kier alpha value is -3.15. The standard InChI is InChI=1S/C21H15ClN2O3/c22-16-4-2-1-3-15(16)19(25)12-5-7-13(8-6-12)20-23-17-10-9-14(21(26)27)11-18(17)24-20/h1-11,19,25H,(H,23,24)(H,26,27). The van der Waals surface area contributed by atoms with Crippen LogP contribution in [0.15, 0.2) is 66.7 Å². The number of aliphatic hydroxyl groups is 1. The van der Waals surface area contributed by atoms with Crippen molar-refractivity contribution in [1.29, 1.82) is 0 Å². The van der Waals surface area contributed by atoms with Gasteiger partial charge in [-0.25, -0.2) is 9.78 Å². The fourth-order valence-electron chi connectivity index (χ4n) is 2.98. The topological polar surface area (TPSA) is 86.2 Å². The molecule has 134 valence electrons. The molecule has 0 saturated carbocycles. The van der Waals surface area contributed by atoms with E-state index in [0.717, 1.165) is 11.1 Å². The average molecular weight is 379 g/mol. The maximum Gasteiger partial charge on any atom is 0.335 e. The first-order valence-corrected chi connectivity index (χ1v) is 8.66. The number of carbonyl (C=O) groups is 1. The summed E-state index contributed by atoms with van der Waals surface area (Å²) < 4.78 is 0.